The van der Waals surface area contributed by atoms with Gasteiger partial charge in [0.2, 0.25) is 5.60 Å². The molecule has 4 aliphatic rings. The number of Topliss-reactive ketones (excluding diaryl/α,β-unsaturated/α-hetero) is 2. The van der Waals surface area contributed by atoms with Gasteiger partial charge in [0.1, 0.15) is 63.8 Å². The van der Waals surface area contributed by atoms with Gasteiger partial charge in [-0.2, -0.15) is 0 Å². The lowest BCUT2D eigenvalue weighted by Gasteiger charge is -2.47. The molecule has 2 aliphatic heterocycles. The molecule has 2 heterocycles. The summed E-state index contributed by atoms with van der Waals surface area (Å²) >= 11 is 0. The second-order valence-corrected chi connectivity index (χ2v) is 11.9. The number of carbonyl (C=O) groups excluding carboxylic acids is 4. The van der Waals surface area contributed by atoms with Crippen LogP contribution in [-0.2, 0) is 23.9 Å². The van der Waals surface area contributed by atoms with Gasteiger partial charge in [0.05, 0.1) is 19.8 Å². The van der Waals surface area contributed by atoms with Crippen LogP contribution in [0.1, 0.15) is 36.2 Å². The first-order chi connectivity index (χ1) is 21.7. The lowest BCUT2D eigenvalue weighted by Crippen LogP contribution is -2.67. The normalized spacial score (nSPS) is 31.3. The van der Waals surface area contributed by atoms with Crippen molar-refractivity contribution in [1.29, 1.82) is 0 Å². The fraction of sp³-hybridized carbons (Fsp3) is 0.375. The van der Waals surface area contributed by atoms with Crippen LogP contribution in [0.4, 0.5) is 0 Å². The zero-order valence-electron chi connectivity index (χ0n) is 24.9. The largest absolute Gasteiger partial charge is 0.512 e. The SMILES string of the molecule is COC(=O)[C@]12Oc3ccc(-c4ccc5c(c4O)C(=O)[C@H]4C(O)=C[C@@H](C)[C@H](O)[C@@]4(C(=O)OC)O5)c(O)c3C(O)=C1C(=O)C[C@@H](C)[C@H]2O. The molecule has 1 fully saturated rings. The molecule has 0 saturated heterocycles. The van der Waals surface area contributed by atoms with Gasteiger partial charge in [0.15, 0.2) is 11.6 Å². The molecule has 1 saturated carbocycles. The molecule has 14 nitrogen and oxygen atoms in total. The van der Waals surface area contributed by atoms with E-state index in [1.807, 2.05) is 0 Å². The predicted octanol–water partition coefficient (Wildman–Crippen LogP) is 1.86. The molecule has 242 valence electrons. The number of carbonyl (C=O) groups is 4. The van der Waals surface area contributed by atoms with Crippen molar-refractivity contribution in [2.24, 2.45) is 17.8 Å². The third-order valence-electron chi connectivity index (χ3n) is 9.30. The number of hydrogen-bond acceptors (Lipinski definition) is 14. The number of methoxy groups -OCH3 is 2. The van der Waals surface area contributed by atoms with Crippen LogP contribution in [0.3, 0.4) is 0 Å². The molecule has 7 atom stereocenters. The molecule has 6 N–H and O–H groups in total. The van der Waals surface area contributed by atoms with Crippen molar-refractivity contribution in [3.63, 3.8) is 0 Å². The van der Waals surface area contributed by atoms with Crippen LogP contribution in [0.25, 0.3) is 16.9 Å². The van der Waals surface area contributed by atoms with Gasteiger partial charge in [-0.15, -0.1) is 0 Å². The minimum Gasteiger partial charge on any atom is -0.512 e. The Bertz CT molecular complexity index is 1810. The molecule has 0 amide bonds. The summed E-state index contributed by atoms with van der Waals surface area (Å²) in [5.74, 6) is -10.9. The second-order valence-electron chi connectivity index (χ2n) is 11.9. The van der Waals surface area contributed by atoms with Crippen LogP contribution in [0.2, 0.25) is 0 Å². The van der Waals surface area contributed by atoms with Crippen molar-refractivity contribution in [3.05, 3.63) is 52.8 Å². The lowest BCUT2D eigenvalue weighted by atomic mass is 9.67. The van der Waals surface area contributed by atoms with Crippen molar-refractivity contribution in [2.75, 3.05) is 14.2 Å². The Morgan fingerprint density at radius 1 is 0.826 bits per heavy atom. The van der Waals surface area contributed by atoms with Gasteiger partial charge in [-0.1, -0.05) is 13.8 Å². The maximum Gasteiger partial charge on any atom is 0.358 e. The first-order valence-electron chi connectivity index (χ1n) is 14.2. The Balaban J connectivity index is 1.52. The summed E-state index contributed by atoms with van der Waals surface area (Å²) in [5, 5.41) is 67.1. The Labute approximate surface area is 260 Å². The minimum absolute atomic E-state index is 0.174. The van der Waals surface area contributed by atoms with Crippen molar-refractivity contribution in [3.8, 4) is 34.1 Å². The summed E-state index contributed by atoms with van der Waals surface area (Å²) in [7, 11) is 2.04. The predicted molar refractivity (Wildman–Crippen MR) is 154 cm³/mol. The average Bonchev–Trinajstić information content (AvgIpc) is 3.01. The summed E-state index contributed by atoms with van der Waals surface area (Å²) < 4.78 is 21.5. The standard InChI is InChI=1S/C32H30O14/c1-11-9-15(33)21-25(37)19-17(45-31(21,27(11)39)29(41)43-3)7-5-13(23(19)35)14-6-8-18-20(24(14)36)26(38)22-16(34)10-12(2)28(40)32(22,46-18)30(42)44-4/h5-9,11-12,21,27-28,33,35-36,38-40H,10H2,1-4H3/t11-,12-,21-,27+,28-,31+,32+/m1/s1. The monoisotopic (exact) mass is 638 g/mol. The Morgan fingerprint density at radius 2 is 1.39 bits per heavy atom. The number of benzene rings is 2. The van der Waals surface area contributed by atoms with Crippen molar-refractivity contribution >= 4 is 29.3 Å². The first-order valence-corrected chi connectivity index (χ1v) is 14.2. The Morgan fingerprint density at radius 3 is 1.98 bits per heavy atom. The van der Waals surface area contributed by atoms with Gasteiger partial charge in [0.25, 0.3) is 5.60 Å². The van der Waals surface area contributed by atoms with E-state index in [9.17, 15) is 49.8 Å². The van der Waals surface area contributed by atoms with Crippen LogP contribution < -0.4 is 9.47 Å². The summed E-state index contributed by atoms with van der Waals surface area (Å²) in [5.41, 5.74) is -6.67. The van der Waals surface area contributed by atoms with E-state index < -0.39 is 104 Å². The van der Waals surface area contributed by atoms with E-state index in [0.717, 1.165) is 14.2 Å². The van der Waals surface area contributed by atoms with Crippen LogP contribution in [0, 0.1) is 17.8 Å². The van der Waals surface area contributed by atoms with E-state index in [1.54, 1.807) is 0 Å². The van der Waals surface area contributed by atoms with Crippen molar-refractivity contribution < 1.29 is 68.8 Å². The van der Waals surface area contributed by atoms with Crippen molar-refractivity contribution in [2.45, 2.75) is 43.7 Å². The van der Waals surface area contributed by atoms with Crippen LogP contribution in [0.5, 0.6) is 23.0 Å². The number of aromatic hydroxyl groups is 2. The fourth-order valence-corrected chi connectivity index (χ4v) is 7.06. The maximum absolute atomic E-state index is 13.9. The summed E-state index contributed by atoms with van der Waals surface area (Å²) in [6, 6.07) is 4.88. The van der Waals surface area contributed by atoms with Gasteiger partial charge in [-0.25, -0.2) is 9.59 Å². The zero-order valence-corrected chi connectivity index (χ0v) is 24.9. The van der Waals surface area contributed by atoms with Crippen LogP contribution in [0.15, 0.2) is 41.7 Å². The Kier molecular flexibility index (Phi) is 6.87. The molecule has 46 heavy (non-hydrogen) atoms. The molecule has 2 aliphatic carbocycles. The molecule has 0 radical (unpaired) electrons. The second kappa shape index (κ2) is 10.2. The van der Waals surface area contributed by atoms with E-state index in [2.05, 4.69) is 0 Å². The quantitative estimate of drug-likeness (QED) is 0.264. The van der Waals surface area contributed by atoms with E-state index in [-0.39, 0.29) is 29.0 Å². The average molecular weight is 639 g/mol. The molecule has 2 aromatic carbocycles. The van der Waals surface area contributed by atoms with Crippen molar-refractivity contribution in [1.82, 2.24) is 0 Å². The van der Waals surface area contributed by atoms with Gasteiger partial charge in [-0.05, 0) is 36.3 Å². The molecule has 2 aromatic rings. The highest BCUT2D eigenvalue weighted by atomic mass is 16.6. The zero-order chi connectivity index (χ0) is 33.6. The fourth-order valence-electron chi connectivity index (χ4n) is 7.06. The molecule has 6 rings (SSSR count). The van der Waals surface area contributed by atoms with E-state index >= 15 is 0 Å². The van der Waals surface area contributed by atoms with E-state index in [1.165, 1.54) is 44.2 Å². The molecular weight excluding hydrogens is 608 g/mol. The van der Waals surface area contributed by atoms with Gasteiger partial charge < -0.3 is 49.6 Å². The topological polar surface area (TPSA) is 227 Å². The van der Waals surface area contributed by atoms with E-state index in [4.69, 9.17) is 18.9 Å². The number of ether oxygens (including phenoxy) is 4. The third kappa shape index (κ3) is 3.70. The minimum atomic E-state index is -2.42. The van der Waals surface area contributed by atoms with Gasteiger partial charge in [0, 0.05) is 23.5 Å². The Hall–Kier alpha value is -5.08. The molecule has 0 unspecified atom stereocenters. The highest BCUT2D eigenvalue weighted by Gasteiger charge is 2.66. The molecular formula is C32H30O14. The number of phenolic OH excluding ortho intramolecular Hbond substituents is 2. The number of ketones is 2. The highest BCUT2D eigenvalue weighted by Crippen LogP contribution is 2.55. The van der Waals surface area contributed by atoms with Crippen LogP contribution in [-0.4, -0.2) is 91.8 Å². The molecule has 14 heteroatoms. The molecule has 0 aromatic heterocycles. The number of fused-ring (bicyclic) bond motifs is 4. The number of phenols is 2. The third-order valence-corrected chi connectivity index (χ3v) is 9.30. The summed E-state index contributed by atoms with van der Waals surface area (Å²) in [6.07, 6.45) is -2.30. The van der Waals surface area contributed by atoms with Crippen LogP contribution >= 0.6 is 0 Å². The van der Waals surface area contributed by atoms with Gasteiger partial charge >= 0.3 is 11.9 Å². The molecule has 0 bridgehead atoms. The number of esters is 2. The number of aliphatic hydroxyl groups is 4. The molecule has 0 spiro atoms. The summed E-state index contributed by atoms with van der Waals surface area (Å²) in [4.78, 5) is 53.1. The first kappa shape index (κ1) is 30.9. The smallest absolute Gasteiger partial charge is 0.358 e. The van der Waals surface area contributed by atoms with Gasteiger partial charge in [-0.3, -0.25) is 9.59 Å². The maximum atomic E-state index is 13.9. The number of hydrogen-bond donors (Lipinski definition) is 6. The van der Waals surface area contributed by atoms with E-state index in [0.29, 0.717) is 0 Å². The number of rotatable bonds is 3. The lowest BCUT2D eigenvalue weighted by molar-refractivity contribution is -0.182. The highest BCUT2D eigenvalue weighted by molar-refractivity contribution is 6.13. The summed E-state index contributed by atoms with van der Waals surface area (Å²) in [6.45, 7) is 3.01. The number of aliphatic hydroxyl groups excluding tert-OH is 4.